The quantitative estimate of drug-likeness (QED) is 0.657. The molecule has 4 heteroatoms. The number of carbonyl (C=O) groups is 1. The second-order valence-electron chi connectivity index (χ2n) is 3.78. The highest BCUT2D eigenvalue weighted by atomic mass is 16.3. The first kappa shape index (κ1) is 9.98. The van der Waals surface area contributed by atoms with E-state index in [1.54, 1.807) is 29.2 Å². The van der Waals surface area contributed by atoms with Crippen LogP contribution in [0.5, 0.6) is 0 Å². The number of anilines is 1. The molecule has 2 rings (SSSR count). The van der Waals surface area contributed by atoms with Crippen LogP contribution in [0.25, 0.3) is 0 Å². The van der Waals surface area contributed by atoms with Gasteiger partial charge < -0.3 is 15.7 Å². The molecule has 1 aromatic rings. The number of carbonyl (C=O) groups excluding carboxylic acids is 1. The average molecular weight is 206 g/mol. The fourth-order valence-electron chi connectivity index (χ4n) is 1.79. The lowest BCUT2D eigenvalue weighted by Crippen LogP contribution is -2.30. The summed E-state index contributed by atoms with van der Waals surface area (Å²) in [7, 11) is 0. The van der Waals surface area contributed by atoms with Crippen molar-refractivity contribution in [3.05, 3.63) is 29.8 Å². The van der Waals surface area contributed by atoms with Gasteiger partial charge in [-0.3, -0.25) is 4.79 Å². The molecule has 0 aliphatic carbocycles. The fourth-order valence-corrected chi connectivity index (χ4v) is 1.79. The lowest BCUT2D eigenvalue weighted by molar-refractivity contribution is 0.0766. The Balaban J connectivity index is 2.18. The fraction of sp³-hybridized carbons (Fsp3) is 0.364. The SMILES string of the molecule is Nc1ccccc1C(=O)N1CC[C@@H](O)C1. The van der Waals surface area contributed by atoms with Crippen LogP contribution in [-0.4, -0.2) is 35.1 Å². The number of para-hydroxylation sites is 1. The van der Waals surface area contributed by atoms with Crippen molar-refractivity contribution in [2.24, 2.45) is 0 Å². The molecule has 4 nitrogen and oxygen atoms in total. The van der Waals surface area contributed by atoms with Crippen molar-refractivity contribution in [1.82, 2.24) is 4.90 Å². The van der Waals surface area contributed by atoms with Crippen molar-refractivity contribution in [2.45, 2.75) is 12.5 Å². The summed E-state index contributed by atoms with van der Waals surface area (Å²) in [5.74, 6) is -0.0929. The normalized spacial score (nSPS) is 20.6. The summed E-state index contributed by atoms with van der Waals surface area (Å²) in [6.45, 7) is 1.02. The van der Waals surface area contributed by atoms with Crippen molar-refractivity contribution in [3.8, 4) is 0 Å². The number of benzene rings is 1. The number of nitrogens with zero attached hydrogens (tertiary/aromatic N) is 1. The van der Waals surface area contributed by atoms with Crippen molar-refractivity contribution in [1.29, 1.82) is 0 Å². The van der Waals surface area contributed by atoms with Crippen LogP contribution >= 0.6 is 0 Å². The maximum absolute atomic E-state index is 11.9. The molecule has 0 bridgehead atoms. The predicted molar refractivity (Wildman–Crippen MR) is 57.4 cm³/mol. The third kappa shape index (κ3) is 1.94. The highest BCUT2D eigenvalue weighted by molar-refractivity contribution is 5.99. The summed E-state index contributed by atoms with van der Waals surface area (Å²) >= 11 is 0. The van der Waals surface area contributed by atoms with Gasteiger partial charge in [-0.1, -0.05) is 12.1 Å². The largest absolute Gasteiger partial charge is 0.398 e. The molecule has 0 aromatic heterocycles. The third-order valence-electron chi connectivity index (χ3n) is 2.64. The maximum atomic E-state index is 11.9. The van der Waals surface area contributed by atoms with Crippen molar-refractivity contribution >= 4 is 11.6 Å². The number of β-amino-alcohol motifs (C(OH)–C–C–N with tert-alkyl or cyclic N) is 1. The van der Waals surface area contributed by atoms with Crippen LogP contribution in [0.15, 0.2) is 24.3 Å². The lowest BCUT2D eigenvalue weighted by Gasteiger charge is -2.16. The molecule has 80 valence electrons. The number of nitrogen functional groups attached to an aromatic ring is 1. The lowest BCUT2D eigenvalue weighted by atomic mass is 10.1. The molecule has 0 unspecified atom stereocenters. The number of rotatable bonds is 1. The van der Waals surface area contributed by atoms with Gasteiger partial charge in [-0.15, -0.1) is 0 Å². The van der Waals surface area contributed by atoms with E-state index in [0.29, 0.717) is 30.8 Å². The first-order valence-electron chi connectivity index (χ1n) is 5.00. The minimum atomic E-state index is -0.390. The van der Waals surface area contributed by atoms with E-state index in [1.807, 2.05) is 0 Å². The monoisotopic (exact) mass is 206 g/mol. The van der Waals surface area contributed by atoms with Crippen LogP contribution in [0.4, 0.5) is 5.69 Å². The van der Waals surface area contributed by atoms with Gasteiger partial charge in [-0.05, 0) is 18.6 Å². The van der Waals surface area contributed by atoms with E-state index < -0.39 is 0 Å². The number of aliphatic hydroxyl groups excluding tert-OH is 1. The number of amides is 1. The van der Waals surface area contributed by atoms with Gasteiger partial charge in [0, 0.05) is 18.8 Å². The van der Waals surface area contributed by atoms with Crippen LogP contribution in [-0.2, 0) is 0 Å². The maximum Gasteiger partial charge on any atom is 0.256 e. The van der Waals surface area contributed by atoms with Gasteiger partial charge in [0.15, 0.2) is 0 Å². The van der Waals surface area contributed by atoms with E-state index >= 15 is 0 Å². The Morgan fingerprint density at radius 1 is 1.47 bits per heavy atom. The van der Waals surface area contributed by atoms with Gasteiger partial charge in [0.25, 0.3) is 5.91 Å². The molecule has 0 saturated carbocycles. The molecular formula is C11H14N2O2. The number of likely N-dealkylation sites (tertiary alicyclic amines) is 1. The Hall–Kier alpha value is -1.55. The Kier molecular flexibility index (Phi) is 2.60. The molecule has 1 atom stereocenters. The van der Waals surface area contributed by atoms with Crippen molar-refractivity contribution in [2.75, 3.05) is 18.8 Å². The molecule has 1 fully saturated rings. The number of nitrogens with two attached hydrogens (primary N) is 1. The van der Waals surface area contributed by atoms with Crippen LogP contribution in [0.3, 0.4) is 0 Å². The highest BCUT2D eigenvalue weighted by Crippen LogP contribution is 2.17. The van der Waals surface area contributed by atoms with E-state index in [2.05, 4.69) is 0 Å². The molecule has 3 N–H and O–H groups in total. The van der Waals surface area contributed by atoms with E-state index in [1.165, 1.54) is 0 Å². The Morgan fingerprint density at radius 2 is 2.20 bits per heavy atom. The Bertz CT molecular complexity index is 379. The molecule has 15 heavy (non-hydrogen) atoms. The summed E-state index contributed by atoms with van der Waals surface area (Å²) in [4.78, 5) is 13.6. The molecule has 1 aromatic carbocycles. The summed E-state index contributed by atoms with van der Waals surface area (Å²) in [5.41, 5.74) is 6.72. The van der Waals surface area contributed by atoms with Gasteiger partial charge in [0.05, 0.1) is 11.7 Å². The molecule has 1 heterocycles. The van der Waals surface area contributed by atoms with Crippen LogP contribution in [0.1, 0.15) is 16.8 Å². The zero-order chi connectivity index (χ0) is 10.8. The van der Waals surface area contributed by atoms with Gasteiger partial charge in [-0.25, -0.2) is 0 Å². The first-order valence-corrected chi connectivity index (χ1v) is 5.00. The standard InChI is InChI=1S/C11H14N2O2/c12-10-4-2-1-3-9(10)11(15)13-6-5-8(14)7-13/h1-4,8,14H,5-7,12H2/t8-/m1/s1. The summed E-state index contributed by atoms with van der Waals surface area (Å²) in [6, 6.07) is 7.00. The van der Waals surface area contributed by atoms with Crippen LogP contribution < -0.4 is 5.73 Å². The zero-order valence-corrected chi connectivity index (χ0v) is 8.39. The highest BCUT2D eigenvalue weighted by Gasteiger charge is 2.26. The first-order chi connectivity index (χ1) is 7.18. The third-order valence-corrected chi connectivity index (χ3v) is 2.64. The van der Waals surface area contributed by atoms with E-state index in [9.17, 15) is 9.90 Å². The van der Waals surface area contributed by atoms with Gasteiger partial charge >= 0.3 is 0 Å². The number of hydrogen-bond donors (Lipinski definition) is 2. The van der Waals surface area contributed by atoms with E-state index in [0.717, 1.165) is 0 Å². The summed E-state index contributed by atoms with van der Waals surface area (Å²) in [6.07, 6.45) is 0.261. The molecule has 1 aliphatic heterocycles. The smallest absolute Gasteiger partial charge is 0.256 e. The Labute approximate surface area is 88.3 Å². The van der Waals surface area contributed by atoms with Crippen LogP contribution in [0.2, 0.25) is 0 Å². The molecule has 1 amide bonds. The van der Waals surface area contributed by atoms with E-state index in [-0.39, 0.29) is 12.0 Å². The van der Waals surface area contributed by atoms with Gasteiger partial charge in [0.2, 0.25) is 0 Å². The molecule has 1 saturated heterocycles. The number of hydrogen-bond acceptors (Lipinski definition) is 3. The van der Waals surface area contributed by atoms with Crippen molar-refractivity contribution in [3.63, 3.8) is 0 Å². The predicted octanol–water partition coefficient (Wildman–Crippen LogP) is 0.476. The minimum Gasteiger partial charge on any atom is -0.398 e. The zero-order valence-electron chi connectivity index (χ0n) is 8.39. The number of aliphatic hydroxyl groups is 1. The van der Waals surface area contributed by atoms with Crippen LogP contribution in [0, 0.1) is 0 Å². The minimum absolute atomic E-state index is 0.0929. The van der Waals surface area contributed by atoms with Gasteiger partial charge in [0.1, 0.15) is 0 Å². The molecule has 0 spiro atoms. The summed E-state index contributed by atoms with van der Waals surface area (Å²) in [5, 5.41) is 9.34. The second kappa shape index (κ2) is 3.90. The van der Waals surface area contributed by atoms with Gasteiger partial charge in [-0.2, -0.15) is 0 Å². The second-order valence-corrected chi connectivity index (χ2v) is 3.78. The molecular weight excluding hydrogens is 192 g/mol. The van der Waals surface area contributed by atoms with Crippen molar-refractivity contribution < 1.29 is 9.90 Å². The molecule has 0 radical (unpaired) electrons. The average Bonchev–Trinajstić information content (AvgIpc) is 2.65. The topological polar surface area (TPSA) is 66.6 Å². The summed E-state index contributed by atoms with van der Waals surface area (Å²) < 4.78 is 0. The van der Waals surface area contributed by atoms with E-state index in [4.69, 9.17) is 5.73 Å². The molecule has 1 aliphatic rings. The Morgan fingerprint density at radius 3 is 2.80 bits per heavy atom.